The largest absolute Gasteiger partial charge is 0.483 e. The molecule has 1 heterocycles. The Labute approximate surface area is 186 Å². The minimum Gasteiger partial charge on any atom is -0.483 e. The minimum absolute atomic E-state index is 0.116. The van der Waals surface area contributed by atoms with Gasteiger partial charge in [-0.25, -0.2) is 0 Å². The maximum atomic E-state index is 12.6. The van der Waals surface area contributed by atoms with Gasteiger partial charge in [-0.15, -0.1) is 0 Å². The first-order valence-electron chi connectivity index (χ1n) is 10.2. The number of halogens is 1. The second-order valence-corrected chi connectivity index (χ2v) is 8.03. The second-order valence-electron chi connectivity index (χ2n) is 7.59. The van der Waals surface area contributed by atoms with Gasteiger partial charge in [0.2, 0.25) is 0 Å². The van der Waals surface area contributed by atoms with Gasteiger partial charge in [0.25, 0.3) is 11.8 Å². The first-order chi connectivity index (χ1) is 15.0. The third kappa shape index (κ3) is 4.98. The number of primary amides is 1. The molecule has 7 heteroatoms. The Hall–Kier alpha value is -3.09. The van der Waals surface area contributed by atoms with Crippen LogP contribution in [0.4, 0.5) is 0 Å². The molecule has 1 aliphatic rings. The zero-order valence-electron chi connectivity index (χ0n) is 17.1. The molecule has 1 saturated heterocycles. The maximum Gasteiger partial charge on any atom is 0.260 e. The van der Waals surface area contributed by atoms with Gasteiger partial charge in [-0.1, -0.05) is 54.1 Å². The van der Waals surface area contributed by atoms with E-state index >= 15 is 0 Å². The van der Waals surface area contributed by atoms with Crippen LogP contribution in [-0.2, 0) is 11.3 Å². The molecule has 160 valence electrons. The summed E-state index contributed by atoms with van der Waals surface area (Å²) in [5.74, 6) is -0.498. The van der Waals surface area contributed by atoms with E-state index < -0.39 is 5.91 Å². The summed E-state index contributed by atoms with van der Waals surface area (Å²) in [5, 5.41) is 2.89. The molecular weight excluding hydrogens is 414 g/mol. The van der Waals surface area contributed by atoms with Gasteiger partial charge in [-0.05, 0) is 34.5 Å². The summed E-state index contributed by atoms with van der Waals surface area (Å²) < 4.78 is 5.57. The number of fused-ring (bicyclic) bond motifs is 1. The highest BCUT2D eigenvalue weighted by Crippen LogP contribution is 2.23. The highest BCUT2D eigenvalue weighted by Gasteiger charge is 2.22. The van der Waals surface area contributed by atoms with Gasteiger partial charge in [-0.3, -0.25) is 14.5 Å². The number of amides is 2. The summed E-state index contributed by atoms with van der Waals surface area (Å²) in [4.78, 5) is 28.3. The summed E-state index contributed by atoms with van der Waals surface area (Å²) >= 11 is 5.91. The molecule has 2 amide bonds. The molecule has 6 nitrogen and oxygen atoms in total. The summed E-state index contributed by atoms with van der Waals surface area (Å²) in [6.07, 6.45) is 0. The first-order valence-corrected chi connectivity index (χ1v) is 10.6. The highest BCUT2D eigenvalue weighted by atomic mass is 35.5. The molecule has 0 radical (unpaired) electrons. The quantitative estimate of drug-likeness (QED) is 0.641. The van der Waals surface area contributed by atoms with Crippen LogP contribution in [0.1, 0.15) is 15.9 Å². The van der Waals surface area contributed by atoms with Crippen molar-refractivity contribution in [1.29, 1.82) is 0 Å². The Morgan fingerprint density at radius 2 is 1.71 bits per heavy atom. The van der Waals surface area contributed by atoms with Gasteiger partial charge >= 0.3 is 0 Å². The number of rotatable bonds is 6. The van der Waals surface area contributed by atoms with Gasteiger partial charge < -0.3 is 15.4 Å². The van der Waals surface area contributed by atoms with Crippen molar-refractivity contribution in [2.24, 2.45) is 5.73 Å². The molecule has 4 rings (SSSR count). The molecule has 0 aliphatic carbocycles. The van der Waals surface area contributed by atoms with Crippen LogP contribution in [0.5, 0.6) is 5.75 Å². The van der Waals surface area contributed by atoms with E-state index in [4.69, 9.17) is 22.1 Å². The van der Waals surface area contributed by atoms with Crippen LogP contribution in [0.25, 0.3) is 10.8 Å². The van der Waals surface area contributed by atoms with Crippen LogP contribution in [-0.4, -0.2) is 54.4 Å². The number of carbonyl (C=O) groups excluding carboxylic acids is 2. The Balaban J connectivity index is 1.32. The van der Waals surface area contributed by atoms with Gasteiger partial charge in [0, 0.05) is 37.7 Å². The standard InChI is InChI=1S/C24H24ClN3O3/c25-19-8-9-22(21(14-19)24(26)30)31-16-23(29)28-12-10-27(11-13-28)15-18-6-3-5-17-4-1-2-7-20(17)18/h1-9,14H,10-13,15-16H2,(H2,26,30). The summed E-state index contributed by atoms with van der Waals surface area (Å²) in [6.45, 7) is 3.56. The number of nitrogens with two attached hydrogens (primary N) is 1. The predicted molar refractivity (Wildman–Crippen MR) is 121 cm³/mol. The van der Waals surface area contributed by atoms with E-state index in [1.165, 1.54) is 22.4 Å². The van der Waals surface area contributed by atoms with Crippen LogP contribution in [0.15, 0.2) is 60.7 Å². The third-order valence-electron chi connectivity index (χ3n) is 5.56. The molecule has 0 aromatic heterocycles. The summed E-state index contributed by atoms with van der Waals surface area (Å²) in [7, 11) is 0. The van der Waals surface area contributed by atoms with E-state index in [1.807, 2.05) is 0 Å². The van der Waals surface area contributed by atoms with Crippen molar-refractivity contribution in [2.75, 3.05) is 32.8 Å². The van der Waals surface area contributed by atoms with Gasteiger partial charge in [-0.2, -0.15) is 0 Å². The fraction of sp³-hybridized carbons (Fsp3) is 0.250. The number of ether oxygens (including phenoxy) is 1. The molecule has 2 N–H and O–H groups in total. The maximum absolute atomic E-state index is 12.6. The van der Waals surface area contributed by atoms with Crippen molar-refractivity contribution in [1.82, 2.24) is 9.80 Å². The van der Waals surface area contributed by atoms with E-state index in [0.29, 0.717) is 18.1 Å². The third-order valence-corrected chi connectivity index (χ3v) is 5.79. The van der Waals surface area contributed by atoms with E-state index in [0.717, 1.165) is 19.6 Å². The Kier molecular flexibility index (Phi) is 6.39. The van der Waals surface area contributed by atoms with Crippen LogP contribution in [0, 0.1) is 0 Å². The van der Waals surface area contributed by atoms with Crippen molar-refractivity contribution in [2.45, 2.75) is 6.54 Å². The van der Waals surface area contributed by atoms with Crippen LogP contribution < -0.4 is 10.5 Å². The molecule has 1 fully saturated rings. The van der Waals surface area contributed by atoms with Crippen molar-refractivity contribution in [3.8, 4) is 5.75 Å². The zero-order chi connectivity index (χ0) is 21.8. The van der Waals surface area contributed by atoms with Crippen LogP contribution in [0.3, 0.4) is 0 Å². The zero-order valence-corrected chi connectivity index (χ0v) is 17.8. The van der Waals surface area contributed by atoms with Gasteiger partial charge in [0.1, 0.15) is 5.75 Å². The van der Waals surface area contributed by atoms with E-state index in [2.05, 4.69) is 47.4 Å². The highest BCUT2D eigenvalue weighted by molar-refractivity contribution is 6.31. The lowest BCUT2D eigenvalue weighted by molar-refractivity contribution is -0.135. The van der Waals surface area contributed by atoms with Crippen molar-refractivity contribution >= 4 is 34.2 Å². The molecule has 0 bridgehead atoms. The molecular formula is C24H24ClN3O3. The van der Waals surface area contributed by atoms with Gasteiger partial charge in [0.15, 0.2) is 6.61 Å². The summed E-state index contributed by atoms with van der Waals surface area (Å²) in [6, 6.07) is 19.4. The predicted octanol–water partition coefficient (Wildman–Crippen LogP) is 3.32. The fourth-order valence-electron chi connectivity index (χ4n) is 3.88. The van der Waals surface area contributed by atoms with Crippen molar-refractivity contribution in [3.63, 3.8) is 0 Å². The Bertz CT molecular complexity index is 1100. The molecule has 0 saturated carbocycles. The average molecular weight is 438 g/mol. The number of piperazine rings is 1. The van der Waals surface area contributed by atoms with E-state index in [9.17, 15) is 9.59 Å². The number of nitrogens with zero attached hydrogens (tertiary/aromatic N) is 2. The number of hydrogen-bond donors (Lipinski definition) is 1. The lowest BCUT2D eigenvalue weighted by Gasteiger charge is -2.35. The number of carbonyl (C=O) groups is 2. The lowest BCUT2D eigenvalue weighted by Crippen LogP contribution is -2.49. The minimum atomic E-state index is -0.646. The fourth-order valence-corrected chi connectivity index (χ4v) is 4.05. The molecule has 0 atom stereocenters. The van der Waals surface area contributed by atoms with Crippen molar-refractivity contribution in [3.05, 3.63) is 76.8 Å². The van der Waals surface area contributed by atoms with Crippen molar-refractivity contribution < 1.29 is 14.3 Å². The first kappa shape index (κ1) is 21.2. The average Bonchev–Trinajstić information content (AvgIpc) is 2.78. The van der Waals surface area contributed by atoms with E-state index in [1.54, 1.807) is 17.0 Å². The number of benzene rings is 3. The smallest absolute Gasteiger partial charge is 0.260 e. The van der Waals surface area contributed by atoms with Crippen LogP contribution >= 0.6 is 11.6 Å². The topological polar surface area (TPSA) is 75.9 Å². The molecule has 31 heavy (non-hydrogen) atoms. The van der Waals surface area contributed by atoms with E-state index in [-0.39, 0.29) is 23.8 Å². The Morgan fingerprint density at radius 3 is 2.48 bits per heavy atom. The molecule has 3 aromatic rings. The summed E-state index contributed by atoms with van der Waals surface area (Å²) in [5.41, 5.74) is 6.83. The normalized spacial score (nSPS) is 14.5. The molecule has 1 aliphatic heterocycles. The lowest BCUT2D eigenvalue weighted by atomic mass is 10.0. The molecule has 3 aromatic carbocycles. The van der Waals surface area contributed by atoms with Gasteiger partial charge in [0.05, 0.1) is 5.56 Å². The van der Waals surface area contributed by atoms with Crippen LogP contribution in [0.2, 0.25) is 5.02 Å². The molecule has 0 spiro atoms. The Morgan fingerprint density at radius 1 is 0.968 bits per heavy atom. The second kappa shape index (κ2) is 9.37. The number of hydrogen-bond acceptors (Lipinski definition) is 4. The SMILES string of the molecule is NC(=O)c1cc(Cl)ccc1OCC(=O)N1CCN(Cc2cccc3ccccc23)CC1. The monoisotopic (exact) mass is 437 g/mol. The molecule has 0 unspecified atom stereocenters.